The number of amides is 1. The summed E-state index contributed by atoms with van der Waals surface area (Å²) in [5, 5.41) is 21.5. The van der Waals surface area contributed by atoms with Crippen LogP contribution in [0.4, 0.5) is 0 Å². The van der Waals surface area contributed by atoms with Gasteiger partial charge >= 0.3 is 5.97 Å². The summed E-state index contributed by atoms with van der Waals surface area (Å²) < 4.78 is 0. The van der Waals surface area contributed by atoms with Crippen molar-refractivity contribution >= 4 is 29.1 Å². The first kappa shape index (κ1) is 18.0. The SMILES string of the molecule is N#CC1(Cl)CC(c2ccccc2)=CC=C1NC(=O)C1=C(C(=O)O)CCC1. The van der Waals surface area contributed by atoms with Crippen LogP contribution in [0.3, 0.4) is 0 Å². The van der Waals surface area contributed by atoms with E-state index in [9.17, 15) is 20.0 Å². The summed E-state index contributed by atoms with van der Waals surface area (Å²) in [6.07, 6.45) is 5.10. The quantitative estimate of drug-likeness (QED) is 0.795. The fraction of sp³-hybridized carbons (Fsp3) is 0.250. The molecule has 1 unspecified atom stereocenters. The van der Waals surface area contributed by atoms with Gasteiger partial charge in [-0.15, -0.1) is 0 Å². The molecule has 0 aromatic heterocycles. The number of aliphatic carboxylic acids is 1. The van der Waals surface area contributed by atoms with Crippen molar-refractivity contribution in [2.75, 3.05) is 0 Å². The molecule has 0 saturated heterocycles. The molecule has 2 N–H and O–H groups in total. The van der Waals surface area contributed by atoms with E-state index in [0.717, 1.165) is 11.1 Å². The van der Waals surface area contributed by atoms with E-state index in [4.69, 9.17) is 11.6 Å². The Morgan fingerprint density at radius 2 is 1.85 bits per heavy atom. The number of carbonyl (C=O) groups excluding carboxylic acids is 1. The zero-order chi connectivity index (χ0) is 18.7. The summed E-state index contributed by atoms with van der Waals surface area (Å²) in [5.41, 5.74) is 2.52. The number of alkyl halides is 1. The van der Waals surface area contributed by atoms with Crippen LogP contribution in [-0.2, 0) is 9.59 Å². The van der Waals surface area contributed by atoms with Gasteiger partial charge in [0.2, 0.25) is 0 Å². The van der Waals surface area contributed by atoms with Gasteiger partial charge in [0.15, 0.2) is 4.87 Å². The van der Waals surface area contributed by atoms with E-state index < -0.39 is 16.8 Å². The summed E-state index contributed by atoms with van der Waals surface area (Å²) in [5.74, 6) is -1.57. The number of nitrogens with one attached hydrogen (secondary N) is 1. The average Bonchev–Trinajstić information content (AvgIpc) is 3.14. The van der Waals surface area contributed by atoms with Crippen molar-refractivity contribution in [1.29, 1.82) is 5.26 Å². The molecule has 5 nitrogen and oxygen atoms in total. The molecule has 2 aliphatic carbocycles. The number of carbonyl (C=O) groups is 2. The maximum Gasteiger partial charge on any atom is 0.332 e. The largest absolute Gasteiger partial charge is 0.478 e. The number of nitriles is 1. The van der Waals surface area contributed by atoms with Crippen molar-refractivity contribution in [3.63, 3.8) is 0 Å². The molecule has 1 aromatic carbocycles. The van der Waals surface area contributed by atoms with Crippen LogP contribution in [0, 0.1) is 11.3 Å². The van der Waals surface area contributed by atoms with Crippen LogP contribution in [0.1, 0.15) is 31.2 Å². The lowest BCUT2D eigenvalue weighted by molar-refractivity contribution is -0.133. The minimum absolute atomic E-state index is 0.136. The molecule has 0 spiro atoms. The monoisotopic (exact) mass is 368 g/mol. The van der Waals surface area contributed by atoms with Gasteiger partial charge in [0.25, 0.3) is 5.91 Å². The Bertz CT molecular complexity index is 893. The van der Waals surface area contributed by atoms with Crippen LogP contribution in [0.2, 0.25) is 0 Å². The molecule has 0 fully saturated rings. The minimum Gasteiger partial charge on any atom is -0.478 e. The van der Waals surface area contributed by atoms with Crippen LogP contribution in [0.15, 0.2) is 59.3 Å². The maximum atomic E-state index is 12.5. The van der Waals surface area contributed by atoms with E-state index in [-0.39, 0.29) is 23.3 Å². The van der Waals surface area contributed by atoms with Gasteiger partial charge in [-0.25, -0.2) is 4.79 Å². The highest BCUT2D eigenvalue weighted by molar-refractivity contribution is 6.29. The molecule has 0 heterocycles. The summed E-state index contributed by atoms with van der Waals surface area (Å²) in [6.45, 7) is 0. The predicted molar refractivity (Wildman–Crippen MR) is 98.0 cm³/mol. The fourth-order valence-corrected chi connectivity index (χ4v) is 3.51. The predicted octanol–water partition coefficient (Wildman–Crippen LogP) is 3.54. The van der Waals surface area contributed by atoms with E-state index in [1.807, 2.05) is 36.4 Å². The Morgan fingerprint density at radius 1 is 1.15 bits per heavy atom. The van der Waals surface area contributed by atoms with E-state index in [2.05, 4.69) is 11.4 Å². The number of nitrogens with zero attached hydrogens (tertiary/aromatic N) is 1. The van der Waals surface area contributed by atoms with E-state index in [1.165, 1.54) is 0 Å². The summed E-state index contributed by atoms with van der Waals surface area (Å²) in [7, 11) is 0. The van der Waals surface area contributed by atoms with Crippen molar-refractivity contribution < 1.29 is 14.7 Å². The summed E-state index contributed by atoms with van der Waals surface area (Å²) in [4.78, 5) is 22.4. The van der Waals surface area contributed by atoms with Crippen molar-refractivity contribution in [2.45, 2.75) is 30.6 Å². The molecule has 26 heavy (non-hydrogen) atoms. The van der Waals surface area contributed by atoms with Crippen molar-refractivity contribution in [1.82, 2.24) is 5.32 Å². The molecule has 132 valence electrons. The highest BCUT2D eigenvalue weighted by Gasteiger charge is 2.37. The van der Waals surface area contributed by atoms with Crippen LogP contribution < -0.4 is 5.32 Å². The molecule has 6 heteroatoms. The number of halogens is 1. The first-order chi connectivity index (χ1) is 12.4. The van der Waals surface area contributed by atoms with E-state index >= 15 is 0 Å². The molecule has 2 aliphatic rings. The highest BCUT2D eigenvalue weighted by Crippen LogP contribution is 2.38. The lowest BCUT2D eigenvalue weighted by atomic mass is 9.87. The Labute approximate surface area is 156 Å². The average molecular weight is 369 g/mol. The van der Waals surface area contributed by atoms with Crippen LogP contribution in [0.25, 0.3) is 5.57 Å². The molecule has 0 aliphatic heterocycles. The standard InChI is InChI=1S/C20H17ClN2O3/c21-20(12-22)11-14(13-5-2-1-3-6-13)9-10-17(20)23-18(24)15-7-4-8-16(15)19(25)26/h1-3,5-6,9-10H,4,7-8,11H2,(H,23,24)(H,25,26). The smallest absolute Gasteiger partial charge is 0.332 e. The van der Waals surface area contributed by atoms with E-state index in [1.54, 1.807) is 6.08 Å². The molecule has 1 aromatic rings. The van der Waals surface area contributed by atoms with Gasteiger partial charge in [-0.2, -0.15) is 5.26 Å². The Kier molecular flexibility index (Phi) is 4.97. The second kappa shape index (κ2) is 7.19. The van der Waals surface area contributed by atoms with Gasteiger partial charge in [0.1, 0.15) is 0 Å². The third kappa shape index (κ3) is 3.42. The second-order valence-corrected chi connectivity index (χ2v) is 6.94. The fourth-order valence-electron chi connectivity index (χ4n) is 3.25. The van der Waals surface area contributed by atoms with Gasteiger partial charge in [-0.1, -0.05) is 48.0 Å². The van der Waals surface area contributed by atoms with Crippen molar-refractivity contribution in [3.05, 3.63) is 64.9 Å². The van der Waals surface area contributed by atoms with Gasteiger partial charge in [0, 0.05) is 17.6 Å². The minimum atomic E-state index is -1.40. The topological polar surface area (TPSA) is 90.2 Å². The summed E-state index contributed by atoms with van der Waals surface area (Å²) in [6, 6.07) is 11.6. The normalized spacial score (nSPS) is 22.3. The number of hydrogen-bond acceptors (Lipinski definition) is 3. The van der Waals surface area contributed by atoms with Crippen LogP contribution in [-0.4, -0.2) is 21.9 Å². The third-order valence-electron chi connectivity index (χ3n) is 4.63. The zero-order valence-electron chi connectivity index (χ0n) is 14.0. The second-order valence-electron chi connectivity index (χ2n) is 6.30. The van der Waals surface area contributed by atoms with E-state index in [0.29, 0.717) is 19.3 Å². The number of rotatable bonds is 4. The Balaban J connectivity index is 1.89. The molecule has 1 atom stereocenters. The Morgan fingerprint density at radius 3 is 2.50 bits per heavy atom. The van der Waals surface area contributed by atoms with Gasteiger partial charge < -0.3 is 10.4 Å². The van der Waals surface area contributed by atoms with Crippen LogP contribution >= 0.6 is 11.6 Å². The molecule has 0 saturated carbocycles. The molecule has 1 amide bonds. The first-order valence-corrected chi connectivity index (χ1v) is 8.66. The molecule has 0 bridgehead atoms. The number of allylic oxidation sites excluding steroid dienone is 4. The highest BCUT2D eigenvalue weighted by atomic mass is 35.5. The lowest BCUT2D eigenvalue weighted by Crippen LogP contribution is -2.37. The van der Waals surface area contributed by atoms with Crippen molar-refractivity contribution in [2.24, 2.45) is 0 Å². The molecular formula is C20H17ClN2O3. The zero-order valence-corrected chi connectivity index (χ0v) is 14.7. The molecular weight excluding hydrogens is 352 g/mol. The van der Waals surface area contributed by atoms with Gasteiger partial charge in [0.05, 0.1) is 11.8 Å². The van der Waals surface area contributed by atoms with Crippen molar-refractivity contribution in [3.8, 4) is 6.07 Å². The maximum absolute atomic E-state index is 12.5. The third-order valence-corrected chi connectivity index (χ3v) is 5.05. The van der Waals surface area contributed by atoms with Crippen LogP contribution in [0.5, 0.6) is 0 Å². The Hall–Kier alpha value is -2.84. The molecule has 3 rings (SSSR count). The van der Waals surface area contributed by atoms with Gasteiger partial charge in [-0.3, -0.25) is 4.79 Å². The first-order valence-electron chi connectivity index (χ1n) is 8.28. The lowest BCUT2D eigenvalue weighted by Gasteiger charge is -2.28. The van der Waals surface area contributed by atoms with Gasteiger partial charge in [-0.05, 0) is 36.5 Å². The summed E-state index contributed by atoms with van der Waals surface area (Å²) >= 11 is 6.50. The number of carboxylic acids is 1. The molecule has 0 radical (unpaired) electrons. The number of hydrogen-bond donors (Lipinski definition) is 2. The number of carboxylic acid groups (broad SMARTS) is 1. The number of benzene rings is 1.